The maximum absolute atomic E-state index is 11.8. The molecule has 0 heterocycles. The van der Waals surface area contributed by atoms with Gasteiger partial charge in [-0.2, -0.15) is 8.42 Å². The second-order valence-corrected chi connectivity index (χ2v) is 8.63. The largest absolute Gasteiger partial charge is 0.513 e. The summed E-state index contributed by atoms with van der Waals surface area (Å²) in [5, 5.41) is 0. The van der Waals surface area contributed by atoms with Gasteiger partial charge in [0.25, 0.3) is 0 Å². The quantitative estimate of drug-likeness (QED) is 0.218. The molecule has 0 fully saturated rings. The molecule has 1 aromatic carbocycles. The van der Waals surface area contributed by atoms with Gasteiger partial charge < -0.3 is 23.1 Å². The molecule has 1 rings (SSSR count). The third-order valence-corrected chi connectivity index (χ3v) is 4.07. The van der Waals surface area contributed by atoms with E-state index in [1.807, 2.05) is 0 Å². The number of halogens is 2. The average Bonchev–Trinajstić information content (AvgIpc) is 2.63. The molecule has 1 aromatic rings. The molecule has 0 amide bonds. The minimum Gasteiger partial charge on any atom is -0.433 e. The van der Waals surface area contributed by atoms with Crippen LogP contribution in [0.4, 0.5) is 9.59 Å². The van der Waals surface area contributed by atoms with E-state index in [9.17, 15) is 18.0 Å². The SMILES string of the molecule is CC(C)(COC(=O)OCCCl)c1cc(OS(C)(=O)=O)ccc1OC(=O)OCCCl. The smallest absolute Gasteiger partial charge is 0.433 e. The molecular weight excluding hydrogens is 451 g/mol. The van der Waals surface area contributed by atoms with Crippen LogP contribution in [0.1, 0.15) is 19.4 Å². The normalized spacial score (nSPS) is 11.5. The zero-order valence-corrected chi connectivity index (χ0v) is 18.4. The Labute approximate surface area is 179 Å². The molecule has 0 atom stereocenters. The second-order valence-electron chi connectivity index (χ2n) is 6.29. The summed E-state index contributed by atoms with van der Waals surface area (Å²) < 4.78 is 47.5. The molecule has 12 heteroatoms. The Bertz CT molecular complexity index is 809. The molecule has 0 saturated heterocycles. The van der Waals surface area contributed by atoms with Crippen LogP contribution in [0.5, 0.6) is 11.5 Å². The molecular formula is C17H22Cl2O9S. The Hall–Kier alpha value is -1.91. The van der Waals surface area contributed by atoms with Gasteiger partial charge in [0.2, 0.25) is 0 Å². The highest BCUT2D eigenvalue weighted by Gasteiger charge is 2.29. The van der Waals surface area contributed by atoms with Gasteiger partial charge in [-0.25, -0.2) is 9.59 Å². The highest BCUT2D eigenvalue weighted by atomic mass is 35.5. The monoisotopic (exact) mass is 472 g/mol. The van der Waals surface area contributed by atoms with E-state index in [1.165, 1.54) is 18.2 Å². The van der Waals surface area contributed by atoms with Crippen molar-refractivity contribution >= 4 is 45.6 Å². The molecule has 0 spiro atoms. The summed E-state index contributed by atoms with van der Waals surface area (Å²) in [5.74, 6) is 0.258. The Balaban J connectivity index is 3.13. The van der Waals surface area contributed by atoms with Gasteiger partial charge in [0.15, 0.2) is 0 Å². The molecule has 0 aromatic heterocycles. The number of rotatable bonds is 10. The molecule has 0 unspecified atom stereocenters. The van der Waals surface area contributed by atoms with Crippen LogP contribution in [0.2, 0.25) is 0 Å². The van der Waals surface area contributed by atoms with E-state index in [-0.39, 0.29) is 43.1 Å². The number of alkyl halides is 2. The summed E-state index contributed by atoms with van der Waals surface area (Å²) in [6.07, 6.45) is -1.03. The van der Waals surface area contributed by atoms with Gasteiger partial charge in [-0.1, -0.05) is 13.8 Å². The topological polar surface area (TPSA) is 114 Å². The van der Waals surface area contributed by atoms with E-state index in [0.29, 0.717) is 5.56 Å². The molecule has 0 N–H and O–H groups in total. The van der Waals surface area contributed by atoms with Crippen molar-refractivity contribution in [3.63, 3.8) is 0 Å². The van der Waals surface area contributed by atoms with Crippen molar-refractivity contribution < 1.29 is 41.1 Å². The molecule has 0 aliphatic carbocycles. The first-order chi connectivity index (χ1) is 13.5. The number of carbonyl (C=O) groups excluding carboxylic acids is 2. The molecule has 0 radical (unpaired) electrons. The van der Waals surface area contributed by atoms with Crippen molar-refractivity contribution in [3.8, 4) is 11.5 Å². The number of hydrogen-bond acceptors (Lipinski definition) is 9. The van der Waals surface area contributed by atoms with Crippen LogP contribution < -0.4 is 8.92 Å². The standard InChI is InChI=1S/C17H22Cl2O9S/c1-17(2,11-26-15(20)24-8-6-18)13-10-12(28-29(3,22)23)4-5-14(13)27-16(21)25-9-7-19/h4-5,10H,6-9,11H2,1-3H3. The minimum absolute atomic E-state index is 0.0123. The van der Waals surface area contributed by atoms with Crippen LogP contribution in [-0.2, 0) is 29.7 Å². The minimum atomic E-state index is -3.79. The lowest BCUT2D eigenvalue weighted by atomic mass is 9.84. The van der Waals surface area contributed by atoms with Gasteiger partial charge >= 0.3 is 22.4 Å². The molecule has 0 aliphatic heterocycles. The van der Waals surface area contributed by atoms with E-state index in [2.05, 4.69) is 0 Å². The Morgan fingerprint density at radius 1 is 1.00 bits per heavy atom. The van der Waals surface area contributed by atoms with Gasteiger partial charge in [-0.05, 0) is 18.2 Å². The lowest BCUT2D eigenvalue weighted by molar-refractivity contribution is 0.0455. The van der Waals surface area contributed by atoms with Gasteiger partial charge in [-0.3, -0.25) is 0 Å². The number of carbonyl (C=O) groups is 2. The maximum Gasteiger partial charge on any atom is 0.513 e. The highest BCUT2D eigenvalue weighted by molar-refractivity contribution is 7.86. The third-order valence-electron chi connectivity index (χ3n) is 3.27. The predicted octanol–water partition coefficient (Wildman–Crippen LogP) is 3.45. The van der Waals surface area contributed by atoms with Crippen molar-refractivity contribution in [3.05, 3.63) is 23.8 Å². The number of benzene rings is 1. The summed E-state index contributed by atoms with van der Waals surface area (Å²) >= 11 is 10.9. The Morgan fingerprint density at radius 3 is 2.14 bits per heavy atom. The lowest BCUT2D eigenvalue weighted by Crippen LogP contribution is -2.28. The second kappa shape index (κ2) is 11.3. The van der Waals surface area contributed by atoms with Crippen LogP contribution in [-0.4, -0.2) is 58.6 Å². The van der Waals surface area contributed by atoms with Crippen molar-refractivity contribution in [2.75, 3.05) is 37.8 Å². The maximum atomic E-state index is 11.8. The molecule has 29 heavy (non-hydrogen) atoms. The zero-order chi connectivity index (χ0) is 22.1. The fourth-order valence-corrected chi connectivity index (χ4v) is 2.68. The molecule has 0 aliphatic rings. The Kier molecular flexibility index (Phi) is 9.81. The molecule has 0 bridgehead atoms. The number of hydrogen-bond donors (Lipinski definition) is 0. The first kappa shape index (κ1) is 25.1. The van der Waals surface area contributed by atoms with E-state index in [4.69, 9.17) is 46.3 Å². The highest BCUT2D eigenvalue weighted by Crippen LogP contribution is 2.35. The van der Waals surface area contributed by atoms with Gasteiger partial charge in [0.1, 0.15) is 31.3 Å². The zero-order valence-electron chi connectivity index (χ0n) is 16.1. The molecule has 164 valence electrons. The van der Waals surface area contributed by atoms with Crippen LogP contribution in [0.25, 0.3) is 0 Å². The summed E-state index contributed by atoms with van der Waals surface area (Å²) in [6, 6.07) is 4.00. The van der Waals surface area contributed by atoms with Crippen molar-refractivity contribution in [1.29, 1.82) is 0 Å². The summed E-state index contributed by atoms with van der Waals surface area (Å²) in [6.45, 7) is 3.11. The first-order valence-electron chi connectivity index (χ1n) is 8.28. The van der Waals surface area contributed by atoms with E-state index >= 15 is 0 Å². The van der Waals surface area contributed by atoms with Crippen LogP contribution in [0.15, 0.2) is 18.2 Å². The van der Waals surface area contributed by atoms with E-state index < -0.39 is 27.8 Å². The molecule has 9 nitrogen and oxygen atoms in total. The number of ether oxygens (including phenoxy) is 4. The Morgan fingerprint density at radius 2 is 1.59 bits per heavy atom. The fourth-order valence-electron chi connectivity index (χ4n) is 2.08. The summed E-state index contributed by atoms with van der Waals surface area (Å²) in [7, 11) is -3.79. The van der Waals surface area contributed by atoms with Gasteiger partial charge in [0.05, 0.1) is 18.0 Å². The van der Waals surface area contributed by atoms with Gasteiger partial charge in [-0.15, -0.1) is 23.2 Å². The summed E-state index contributed by atoms with van der Waals surface area (Å²) in [5.41, 5.74) is -0.606. The average molecular weight is 473 g/mol. The lowest BCUT2D eigenvalue weighted by Gasteiger charge is -2.26. The van der Waals surface area contributed by atoms with Crippen LogP contribution >= 0.6 is 23.2 Å². The van der Waals surface area contributed by atoms with Crippen molar-refractivity contribution in [1.82, 2.24) is 0 Å². The fraction of sp³-hybridized carbons (Fsp3) is 0.529. The third kappa shape index (κ3) is 9.42. The first-order valence-corrected chi connectivity index (χ1v) is 11.2. The van der Waals surface area contributed by atoms with Crippen LogP contribution in [0, 0.1) is 0 Å². The van der Waals surface area contributed by atoms with Crippen LogP contribution in [0.3, 0.4) is 0 Å². The molecule has 0 saturated carbocycles. The van der Waals surface area contributed by atoms with Gasteiger partial charge in [0, 0.05) is 11.0 Å². The van der Waals surface area contributed by atoms with Crippen molar-refractivity contribution in [2.45, 2.75) is 19.3 Å². The summed E-state index contributed by atoms with van der Waals surface area (Å²) in [4.78, 5) is 23.4. The van der Waals surface area contributed by atoms with E-state index in [1.54, 1.807) is 13.8 Å². The van der Waals surface area contributed by atoms with E-state index in [0.717, 1.165) is 6.26 Å². The van der Waals surface area contributed by atoms with Crippen molar-refractivity contribution in [2.24, 2.45) is 0 Å². The predicted molar refractivity (Wildman–Crippen MR) is 106 cm³/mol.